The van der Waals surface area contributed by atoms with Gasteiger partial charge >= 0.3 is 0 Å². The Bertz CT molecular complexity index is 715. The molecule has 20 heavy (non-hydrogen) atoms. The molecule has 2 aromatic rings. The lowest BCUT2D eigenvalue weighted by Crippen LogP contribution is -2.43. The minimum absolute atomic E-state index is 0.261. The van der Waals surface area contributed by atoms with Gasteiger partial charge in [0, 0.05) is 6.26 Å². The standard InChI is InChI=1S/C16H21NO2S/c1-16(2,20(4,18)19)15(17-3)14-11-7-9-12-8-5-6-10-13(12)14/h5-11,15,17H,1-4H3. The van der Waals surface area contributed by atoms with Crippen LogP contribution >= 0.6 is 0 Å². The van der Waals surface area contributed by atoms with E-state index in [1.807, 2.05) is 42.5 Å². The van der Waals surface area contributed by atoms with E-state index in [-0.39, 0.29) is 6.04 Å². The Hall–Kier alpha value is -1.39. The quantitative estimate of drug-likeness (QED) is 0.942. The highest BCUT2D eigenvalue weighted by Gasteiger charge is 2.39. The first-order chi connectivity index (χ1) is 9.29. The largest absolute Gasteiger partial charge is 0.312 e. The van der Waals surface area contributed by atoms with Gasteiger partial charge in [0.05, 0.1) is 10.8 Å². The van der Waals surface area contributed by atoms with Gasteiger partial charge in [-0.05, 0) is 37.2 Å². The summed E-state index contributed by atoms with van der Waals surface area (Å²) in [7, 11) is -1.39. The molecule has 1 unspecified atom stereocenters. The molecule has 0 aliphatic heterocycles. The van der Waals surface area contributed by atoms with E-state index in [0.717, 1.165) is 16.3 Å². The fourth-order valence-corrected chi connectivity index (χ4v) is 3.27. The first-order valence-corrected chi connectivity index (χ1v) is 8.52. The van der Waals surface area contributed by atoms with Gasteiger partial charge < -0.3 is 5.32 Å². The summed E-state index contributed by atoms with van der Waals surface area (Å²) in [5, 5.41) is 5.39. The number of hydrogen-bond acceptors (Lipinski definition) is 3. The van der Waals surface area contributed by atoms with Gasteiger partial charge in [0.15, 0.2) is 9.84 Å². The van der Waals surface area contributed by atoms with Crippen LogP contribution in [0.4, 0.5) is 0 Å². The predicted octanol–water partition coefficient (Wildman–Crippen LogP) is 2.92. The topological polar surface area (TPSA) is 46.2 Å². The van der Waals surface area contributed by atoms with E-state index < -0.39 is 14.6 Å². The van der Waals surface area contributed by atoms with Gasteiger partial charge in [0.25, 0.3) is 0 Å². The van der Waals surface area contributed by atoms with Crippen LogP contribution in [0.1, 0.15) is 25.5 Å². The number of fused-ring (bicyclic) bond motifs is 1. The van der Waals surface area contributed by atoms with E-state index in [1.165, 1.54) is 6.26 Å². The van der Waals surface area contributed by atoms with Crippen LogP contribution < -0.4 is 5.32 Å². The molecular weight excluding hydrogens is 270 g/mol. The van der Waals surface area contributed by atoms with E-state index in [2.05, 4.69) is 5.32 Å². The summed E-state index contributed by atoms with van der Waals surface area (Å²) in [5.41, 5.74) is 1.01. The zero-order valence-electron chi connectivity index (χ0n) is 12.3. The second-order valence-corrected chi connectivity index (χ2v) is 8.26. The van der Waals surface area contributed by atoms with E-state index in [9.17, 15) is 8.42 Å². The second kappa shape index (κ2) is 5.19. The summed E-state index contributed by atoms with van der Waals surface area (Å²) >= 11 is 0. The lowest BCUT2D eigenvalue weighted by atomic mass is 9.91. The molecule has 1 N–H and O–H groups in total. The molecule has 0 saturated carbocycles. The Balaban J connectivity index is 2.68. The SMILES string of the molecule is CNC(c1cccc2ccccc12)C(C)(C)S(C)(=O)=O. The van der Waals surface area contributed by atoms with Crippen molar-refractivity contribution in [2.75, 3.05) is 13.3 Å². The monoisotopic (exact) mass is 291 g/mol. The van der Waals surface area contributed by atoms with Crippen molar-refractivity contribution < 1.29 is 8.42 Å². The molecule has 0 fully saturated rings. The summed E-state index contributed by atoms with van der Waals surface area (Å²) in [6.45, 7) is 3.54. The molecule has 0 heterocycles. The Kier molecular flexibility index (Phi) is 3.89. The van der Waals surface area contributed by atoms with Crippen LogP contribution in [0.15, 0.2) is 42.5 Å². The van der Waals surface area contributed by atoms with Crippen molar-refractivity contribution in [3.05, 3.63) is 48.0 Å². The van der Waals surface area contributed by atoms with Gasteiger partial charge in [-0.1, -0.05) is 42.5 Å². The maximum absolute atomic E-state index is 12.1. The Morgan fingerprint density at radius 1 is 1.05 bits per heavy atom. The molecule has 0 spiro atoms. The fourth-order valence-electron chi connectivity index (χ4n) is 2.59. The number of sulfone groups is 1. The van der Waals surface area contributed by atoms with Crippen LogP contribution in [-0.2, 0) is 9.84 Å². The van der Waals surface area contributed by atoms with Gasteiger partial charge in [0.2, 0.25) is 0 Å². The van der Waals surface area contributed by atoms with E-state index in [1.54, 1.807) is 20.9 Å². The van der Waals surface area contributed by atoms with Gasteiger partial charge in [-0.25, -0.2) is 8.42 Å². The van der Waals surface area contributed by atoms with Crippen molar-refractivity contribution >= 4 is 20.6 Å². The van der Waals surface area contributed by atoms with Crippen LogP contribution in [0.3, 0.4) is 0 Å². The maximum Gasteiger partial charge on any atom is 0.154 e. The molecule has 0 saturated heterocycles. The number of nitrogens with one attached hydrogen (secondary N) is 1. The third-order valence-electron chi connectivity index (χ3n) is 4.07. The van der Waals surface area contributed by atoms with Crippen LogP contribution in [0.2, 0.25) is 0 Å². The van der Waals surface area contributed by atoms with Crippen molar-refractivity contribution in [3.63, 3.8) is 0 Å². The average molecular weight is 291 g/mol. The molecule has 0 amide bonds. The molecule has 2 aromatic carbocycles. The first kappa shape index (κ1) is 15.0. The zero-order chi connectivity index (χ0) is 15.0. The summed E-state index contributed by atoms with van der Waals surface area (Å²) in [5.74, 6) is 0. The third-order valence-corrected chi connectivity index (χ3v) is 6.22. The van der Waals surface area contributed by atoms with Crippen molar-refractivity contribution in [3.8, 4) is 0 Å². The summed E-state index contributed by atoms with van der Waals surface area (Å²) in [4.78, 5) is 0. The van der Waals surface area contributed by atoms with Crippen LogP contribution in [-0.4, -0.2) is 26.5 Å². The van der Waals surface area contributed by atoms with Crippen molar-refractivity contribution in [1.82, 2.24) is 5.32 Å². The lowest BCUT2D eigenvalue weighted by Gasteiger charge is -2.33. The molecule has 4 heteroatoms. The van der Waals surface area contributed by atoms with Crippen LogP contribution in [0.5, 0.6) is 0 Å². The van der Waals surface area contributed by atoms with Crippen LogP contribution in [0, 0.1) is 0 Å². The minimum Gasteiger partial charge on any atom is -0.312 e. The molecule has 0 bridgehead atoms. The van der Waals surface area contributed by atoms with Crippen molar-refractivity contribution in [2.24, 2.45) is 0 Å². The minimum atomic E-state index is -3.19. The van der Waals surface area contributed by atoms with E-state index in [4.69, 9.17) is 0 Å². The average Bonchev–Trinajstić information content (AvgIpc) is 2.38. The van der Waals surface area contributed by atoms with E-state index >= 15 is 0 Å². The second-order valence-electron chi connectivity index (χ2n) is 5.67. The molecule has 1 atom stereocenters. The molecule has 108 valence electrons. The van der Waals surface area contributed by atoms with E-state index in [0.29, 0.717) is 0 Å². The van der Waals surface area contributed by atoms with Crippen molar-refractivity contribution in [1.29, 1.82) is 0 Å². The predicted molar refractivity (Wildman–Crippen MR) is 84.7 cm³/mol. The molecule has 2 rings (SSSR count). The lowest BCUT2D eigenvalue weighted by molar-refractivity contribution is 0.448. The molecule has 3 nitrogen and oxygen atoms in total. The van der Waals surface area contributed by atoms with Gasteiger partial charge in [-0.2, -0.15) is 0 Å². The normalized spacial score (nSPS) is 14.4. The van der Waals surface area contributed by atoms with Crippen LogP contribution in [0.25, 0.3) is 10.8 Å². The fraction of sp³-hybridized carbons (Fsp3) is 0.375. The summed E-state index contributed by atoms with van der Waals surface area (Å²) in [6.07, 6.45) is 1.29. The number of hydrogen-bond donors (Lipinski definition) is 1. The Morgan fingerprint density at radius 2 is 1.65 bits per heavy atom. The van der Waals surface area contributed by atoms with Gasteiger partial charge in [0.1, 0.15) is 0 Å². The summed E-state index contributed by atoms with van der Waals surface area (Å²) < 4.78 is 23.4. The molecular formula is C16H21NO2S. The molecule has 0 aliphatic rings. The molecule has 0 aromatic heterocycles. The molecule has 0 radical (unpaired) electrons. The number of benzene rings is 2. The highest BCUT2D eigenvalue weighted by Crippen LogP contribution is 2.35. The zero-order valence-corrected chi connectivity index (χ0v) is 13.2. The van der Waals surface area contributed by atoms with Gasteiger partial charge in [-0.15, -0.1) is 0 Å². The Labute approximate surface area is 120 Å². The summed E-state index contributed by atoms with van der Waals surface area (Å²) in [6, 6.07) is 13.8. The van der Waals surface area contributed by atoms with Crippen molar-refractivity contribution in [2.45, 2.75) is 24.6 Å². The Morgan fingerprint density at radius 3 is 2.25 bits per heavy atom. The first-order valence-electron chi connectivity index (χ1n) is 6.63. The number of rotatable bonds is 4. The smallest absolute Gasteiger partial charge is 0.154 e. The highest BCUT2D eigenvalue weighted by atomic mass is 32.2. The maximum atomic E-state index is 12.1. The molecule has 0 aliphatic carbocycles. The third kappa shape index (κ3) is 2.45. The van der Waals surface area contributed by atoms with Gasteiger partial charge in [-0.3, -0.25) is 0 Å². The highest BCUT2D eigenvalue weighted by molar-refractivity contribution is 7.92.